The molecule has 1 aromatic carbocycles. The summed E-state index contributed by atoms with van der Waals surface area (Å²) in [7, 11) is 0. The maximum absolute atomic E-state index is 4.35. The van der Waals surface area contributed by atoms with E-state index in [-0.39, 0.29) is 0 Å². The van der Waals surface area contributed by atoms with Crippen molar-refractivity contribution in [1.82, 2.24) is 9.55 Å². The van der Waals surface area contributed by atoms with Gasteiger partial charge in [-0.3, -0.25) is 0 Å². The van der Waals surface area contributed by atoms with Gasteiger partial charge in [-0.1, -0.05) is 19.9 Å². The maximum Gasteiger partial charge on any atom is 0.0958 e. The van der Waals surface area contributed by atoms with E-state index >= 15 is 0 Å². The van der Waals surface area contributed by atoms with Gasteiger partial charge in [0.15, 0.2) is 0 Å². The van der Waals surface area contributed by atoms with Crippen LogP contribution in [0.3, 0.4) is 0 Å². The SMILES string of the molecule is CCn1cnc2ccc(C(C)C)cc21. The number of hydrogen-bond acceptors (Lipinski definition) is 1. The standard InChI is InChI=1S/C12H16N2/c1-4-14-8-13-11-6-5-10(9(2)3)7-12(11)14/h5-9H,4H2,1-3H3. The fourth-order valence-electron chi connectivity index (χ4n) is 1.68. The molecule has 0 aliphatic carbocycles. The van der Waals surface area contributed by atoms with Crippen LogP contribution >= 0.6 is 0 Å². The summed E-state index contributed by atoms with van der Waals surface area (Å²) in [6, 6.07) is 6.52. The average molecular weight is 188 g/mol. The number of aryl methyl sites for hydroxylation is 1. The molecule has 2 aromatic rings. The van der Waals surface area contributed by atoms with Crippen LogP contribution in [0.1, 0.15) is 32.3 Å². The zero-order valence-electron chi connectivity index (χ0n) is 8.99. The minimum absolute atomic E-state index is 0.583. The third-order valence-corrected chi connectivity index (χ3v) is 2.65. The summed E-state index contributed by atoms with van der Waals surface area (Å²) in [6.45, 7) is 7.56. The number of hydrogen-bond donors (Lipinski definition) is 0. The van der Waals surface area contributed by atoms with Crippen LogP contribution in [-0.4, -0.2) is 9.55 Å². The molecule has 0 aliphatic rings. The van der Waals surface area contributed by atoms with Crippen molar-refractivity contribution < 1.29 is 0 Å². The van der Waals surface area contributed by atoms with E-state index in [1.165, 1.54) is 11.1 Å². The summed E-state index contributed by atoms with van der Waals surface area (Å²) in [5.74, 6) is 0.583. The van der Waals surface area contributed by atoms with E-state index in [4.69, 9.17) is 0 Å². The van der Waals surface area contributed by atoms with Gasteiger partial charge in [0.05, 0.1) is 17.4 Å². The molecule has 0 bridgehead atoms. The highest BCUT2D eigenvalue weighted by Gasteiger charge is 2.04. The number of benzene rings is 1. The molecule has 0 unspecified atom stereocenters. The second-order valence-corrected chi connectivity index (χ2v) is 3.93. The Morgan fingerprint density at radius 3 is 2.79 bits per heavy atom. The number of nitrogens with zero attached hydrogens (tertiary/aromatic N) is 2. The van der Waals surface area contributed by atoms with Crippen LogP contribution in [0.15, 0.2) is 24.5 Å². The highest BCUT2D eigenvalue weighted by Crippen LogP contribution is 2.20. The number of imidazole rings is 1. The van der Waals surface area contributed by atoms with Gasteiger partial charge in [0.25, 0.3) is 0 Å². The summed E-state index contributed by atoms with van der Waals surface area (Å²) in [5, 5.41) is 0. The van der Waals surface area contributed by atoms with E-state index in [0.29, 0.717) is 5.92 Å². The normalized spacial score (nSPS) is 11.4. The van der Waals surface area contributed by atoms with E-state index in [0.717, 1.165) is 12.1 Å². The van der Waals surface area contributed by atoms with Crippen LogP contribution in [-0.2, 0) is 6.54 Å². The number of fused-ring (bicyclic) bond motifs is 1. The number of rotatable bonds is 2. The van der Waals surface area contributed by atoms with Gasteiger partial charge in [-0.2, -0.15) is 0 Å². The first-order valence-electron chi connectivity index (χ1n) is 5.17. The summed E-state index contributed by atoms with van der Waals surface area (Å²) in [5.41, 5.74) is 3.72. The van der Waals surface area contributed by atoms with Gasteiger partial charge < -0.3 is 4.57 Å². The zero-order valence-corrected chi connectivity index (χ0v) is 8.99. The quantitative estimate of drug-likeness (QED) is 0.707. The second-order valence-electron chi connectivity index (χ2n) is 3.93. The lowest BCUT2D eigenvalue weighted by atomic mass is 10.0. The predicted molar refractivity (Wildman–Crippen MR) is 59.5 cm³/mol. The minimum Gasteiger partial charge on any atom is -0.331 e. The van der Waals surface area contributed by atoms with Gasteiger partial charge in [0.1, 0.15) is 0 Å². The van der Waals surface area contributed by atoms with Crippen molar-refractivity contribution in [3.63, 3.8) is 0 Å². The van der Waals surface area contributed by atoms with Crippen molar-refractivity contribution in [3.8, 4) is 0 Å². The fourth-order valence-corrected chi connectivity index (χ4v) is 1.68. The maximum atomic E-state index is 4.35. The largest absolute Gasteiger partial charge is 0.331 e. The Hall–Kier alpha value is -1.31. The molecule has 0 spiro atoms. The molecule has 1 aromatic heterocycles. The van der Waals surface area contributed by atoms with E-state index < -0.39 is 0 Å². The summed E-state index contributed by atoms with van der Waals surface area (Å²) in [6.07, 6.45) is 1.91. The van der Waals surface area contributed by atoms with Gasteiger partial charge in [-0.25, -0.2) is 4.98 Å². The summed E-state index contributed by atoms with van der Waals surface area (Å²) in [4.78, 5) is 4.35. The molecular weight excluding hydrogens is 172 g/mol. The lowest BCUT2D eigenvalue weighted by molar-refractivity contribution is 0.785. The Labute approximate surface area is 84.6 Å². The van der Waals surface area contributed by atoms with Crippen LogP contribution in [0.4, 0.5) is 0 Å². The van der Waals surface area contributed by atoms with Gasteiger partial charge in [-0.15, -0.1) is 0 Å². The van der Waals surface area contributed by atoms with Crippen molar-refractivity contribution in [2.24, 2.45) is 0 Å². The lowest BCUT2D eigenvalue weighted by Crippen LogP contribution is -1.92. The Balaban J connectivity index is 2.61. The Bertz CT molecular complexity index is 441. The van der Waals surface area contributed by atoms with Crippen LogP contribution in [0, 0.1) is 0 Å². The lowest BCUT2D eigenvalue weighted by Gasteiger charge is -2.06. The van der Waals surface area contributed by atoms with Crippen LogP contribution in [0.5, 0.6) is 0 Å². The van der Waals surface area contributed by atoms with Crippen molar-refractivity contribution in [3.05, 3.63) is 30.1 Å². The smallest absolute Gasteiger partial charge is 0.0958 e. The van der Waals surface area contributed by atoms with Crippen molar-refractivity contribution in [1.29, 1.82) is 0 Å². The first kappa shape index (κ1) is 9.25. The zero-order chi connectivity index (χ0) is 10.1. The molecule has 0 fully saturated rings. The molecule has 1 heterocycles. The van der Waals surface area contributed by atoms with Crippen molar-refractivity contribution in [2.45, 2.75) is 33.2 Å². The molecule has 0 radical (unpaired) electrons. The fraction of sp³-hybridized carbons (Fsp3) is 0.417. The van der Waals surface area contributed by atoms with Crippen LogP contribution < -0.4 is 0 Å². The van der Waals surface area contributed by atoms with Crippen molar-refractivity contribution in [2.75, 3.05) is 0 Å². The van der Waals surface area contributed by atoms with Crippen LogP contribution in [0.25, 0.3) is 11.0 Å². The molecule has 2 nitrogen and oxygen atoms in total. The predicted octanol–water partition coefficient (Wildman–Crippen LogP) is 3.18. The summed E-state index contributed by atoms with van der Waals surface area (Å²) >= 11 is 0. The minimum atomic E-state index is 0.583. The van der Waals surface area contributed by atoms with E-state index in [1.807, 2.05) is 6.33 Å². The van der Waals surface area contributed by atoms with Gasteiger partial charge in [0, 0.05) is 6.54 Å². The molecule has 0 aliphatic heterocycles. The molecule has 0 N–H and O–H groups in total. The highest BCUT2D eigenvalue weighted by atomic mass is 15.0. The molecule has 0 saturated heterocycles. The van der Waals surface area contributed by atoms with E-state index in [9.17, 15) is 0 Å². The van der Waals surface area contributed by atoms with E-state index in [2.05, 4.69) is 48.5 Å². The molecule has 0 amide bonds. The molecular formula is C12H16N2. The Morgan fingerprint density at radius 2 is 2.14 bits per heavy atom. The third kappa shape index (κ3) is 1.41. The Kier molecular flexibility index (Phi) is 2.28. The first-order chi connectivity index (χ1) is 6.72. The molecule has 2 heteroatoms. The first-order valence-corrected chi connectivity index (χ1v) is 5.17. The third-order valence-electron chi connectivity index (χ3n) is 2.65. The average Bonchev–Trinajstić information content (AvgIpc) is 2.59. The number of aromatic nitrogens is 2. The van der Waals surface area contributed by atoms with E-state index in [1.54, 1.807) is 0 Å². The highest BCUT2D eigenvalue weighted by molar-refractivity contribution is 5.76. The molecule has 0 saturated carbocycles. The van der Waals surface area contributed by atoms with Crippen LogP contribution in [0.2, 0.25) is 0 Å². The molecule has 2 rings (SSSR count). The molecule has 14 heavy (non-hydrogen) atoms. The van der Waals surface area contributed by atoms with Gasteiger partial charge in [-0.05, 0) is 30.5 Å². The molecule has 0 atom stereocenters. The van der Waals surface area contributed by atoms with Gasteiger partial charge >= 0.3 is 0 Å². The summed E-state index contributed by atoms with van der Waals surface area (Å²) < 4.78 is 2.18. The molecule has 74 valence electrons. The Morgan fingerprint density at radius 1 is 1.36 bits per heavy atom. The monoisotopic (exact) mass is 188 g/mol. The topological polar surface area (TPSA) is 17.8 Å². The second kappa shape index (κ2) is 3.45. The van der Waals surface area contributed by atoms with Gasteiger partial charge in [0.2, 0.25) is 0 Å². The van der Waals surface area contributed by atoms with Crippen molar-refractivity contribution >= 4 is 11.0 Å².